The van der Waals surface area contributed by atoms with Crippen LogP contribution in [0.1, 0.15) is 33.2 Å². The maximum atomic E-state index is 13.8. The summed E-state index contributed by atoms with van der Waals surface area (Å²) in [5.41, 5.74) is -0.780. The van der Waals surface area contributed by atoms with E-state index < -0.39 is 29.6 Å². The number of amides is 1. The average molecular weight is 341 g/mol. The fourth-order valence-corrected chi connectivity index (χ4v) is 2.15. The largest absolute Gasteiger partial charge is 0.416 e. The number of carbonyl (C=O) groups excluding carboxylic acids is 1. The predicted molar refractivity (Wildman–Crippen MR) is 79.9 cm³/mol. The van der Waals surface area contributed by atoms with Gasteiger partial charge in [0.15, 0.2) is 0 Å². The molecule has 0 spiro atoms. The molecule has 2 aromatic carbocycles. The first kappa shape index (κ1) is 17.9. The fourth-order valence-electron chi connectivity index (χ4n) is 2.15. The summed E-state index contributed by atoms with van der Waals surface area (Å²) in [6, 6.07) is 8.48. The van der Waals surface area contributed by atoms with Gasteiger partial charge in [-0.3, -0.25) is 4.79 Å². The highest BCUT2D eigenvalue weighted by Crippen LogP contribution is 2.30. The number of aliphatic hydroxyl groups is 1. The number of hydrogen-bond acceptors (Lipinski definition) is 2. The van der Waals surface area contributed by atoms with Crippen molar-refractivity contribution >= 4 is 5.91 Å². The van der Waals surface area contributed by atoms with Crippen LogP contribution in [0.2, 0.25) is 0 Å². The molecule has 0 aliphatic carbocycles. The summed E-state index contributed by atoms with van der Waals surface area (Å²) in [6.07, 6.45) is -5.87. The van der Waals surface area contributed by atoms with Gasteiger partial charge < -0.3 is 10.4 Å². The zero-order chi connectivity index (χ0) is 17.9. The Labute approximate surface area is 135 Å². The van der Waals surface area contributed by atoms with Gasteiger partial charge in [0.05, 0.1) is 17.2 Å². The van der Waals surface area contributed by atoms with Crippen LogP contribution in [0.4, 0.5) is 17.6 Å². The van der Waals surface area contributed by atoms with Gasteiger partial charge >= 0.3 is 6.18 Å². The van der Waals surface area contributed by atoms with E-state index in [1.807, 2.05) is 0 Å². The Morgan fingerprint density at radius 2 is 1.88 bits per heavy atom. The molecule has 3 nitrogen and oxygen atoms in total. The summed E-state index contributed by atoms with van der Waals surface area (Å²) < 4.78 is 51.8. The van der Waals surface area contributed by atoms with Crippen molar-refractivity contribution in [3.05, 3.63) is 70.5 Å². The van der Waals surface area contributed by atoms with Crippen LogP contribution < -0.4 is 5.32 Å². The molecule has 0 bridgehead atoms. The average Bonchev–Trinajstić information content (AvgIpc) is 2.54. The van der Waals surface area contributed by atoms with Gasteiger partial charge in [0.2, 0.25) is 0 Å². The minimum Gasteiger partial charge on any atom is -0.387 e. The molecular formula is C17H15F4NO2. The molecule has 0 radical (unpaired) electrons. The molecule has 0 aliphatic heterocycles. The van der Waals surface area contributed by atoms with Crippen LogP contribution in [0.5, 0.6) is 0 Å². The van der Waals surface area contributed by atoms with E-state index in [0.29, 0.717) is 5.56 Å². The summed E-state index contributed by atoms with van der Waals surface area (Å²) >= 11 is 0. The second-order valence-corrected chi connectivity index (χ2v) is 5.29. The van der Waals surface area contributed by atoms with Gasteiger partial charge in [0.1, 0.15) is 5.82 Å². The van der Waals surface area contributed by atoms with E-state index in [0.717, 1.165) is 12.1 Å². The number of rotatable bonds is 4. The molecule has 0 saturated heterocycles. The molecule has 24 heavy (non-hydrogen) atoms. The minimum atomic E-state index is -4.52. The van der Waals surface area contributed by atoms with Gasteiger partial charge in [-0.25, -0.2) is 4.39 Å². The number of halogens is 4. The fraction of sp³-hybridized carbons (Fsp3) is 0.235. The first-order valence-electron chi connectivity index (χ1n) is 7.08. The molecule has 1 atom stereocenters. The number of nitrogens with one attached hydrogen (secondary N) is 1. The lowest BCUT2D eigenvalue weighted by Crippen LogP contribution is -2.29. The molecule has 0 heterocycles. The molecule has 7 heteroatoms. The summed E-state index contributed by atoms with van der Waals surface area (Å²) in [5, 5.41) is 12.3. The van der Waals surface area contributed by atoms with Crippen molar-refractivity contribution in [1.29, 1.82) is 0 Å². The molecular weight excluding hydrogens is 326 g/mol. The van der Waals surface area contributed by atoms with E-state index >= 15 is 0 Å². The lowest BCUT2D eigenvalue weighted by atomic mass is 10.1. The van der Waals surface area contributed by atoms with Crippen molar-refractivity contribution in [3.8, 4) is 0 Å². The minimum absolute atomic E-state index is 0.00911. The van der Waals surface area contributed by atoms with Gasteiger partial charge in [-0.05, 0) is 36.2 Å². The smallest absolute Gasteiger partial charge is 0.387 e. The number of carbonyl (C=O) groups is 1. The van der Waals surface area contributed by atoms with Crippen LogP contribution in [0.25, 0.3) is 0 Å². The zero-order valence-electron chi connectivity index (χ0n) is 12.7. The lowest BCUT2D eigenvalue weighted by Gasteiger charge is -2.15. The third-order valence-electron chi connectivity index (χ3n) is 3.49. The number of hydrogen-bond donors (Lipinski definition) is 2. The number of aliphatic hydroxyl groups excluding tert-OH is 1. The van der Waals surface area contributed by atoms with Gasteiger partial charge in [-0.15, -0.1) is 0 Å². The Kier molecular flexibility index (Phi) is 5.23. The van der Waals surface area contributed by atoms with Crippen molar-refractivity contribution < 1.29 is 27.5 Å². The molecule has 2 rings (SSSR count). The van der Waals surface area contributed by atoms with E-state index in [2.05, 4.69) is 5.32 Å². The third kappa shape index (κ3) is 4.11. The molecule has 2 N–H and O–H groups in total. The quantitative estimate of drug-likeness (QED) is 0.835. The first-order valence-corrected chi connectivity index (χ1v) is 7.08. The van der Waals surface area contributed by atoms with Crippen molar-refractivity contribution in [2.45, 2.75) is 19.2 Å². The molecule has 0 aromatic heterocycles. The lowest BCUT2D eigenvalue weighted by molar-refractivity contribution is -0.137. The maximum absolute atomic E-state index is 13.8. The van der Waals surface area contributed by atoms with Crippen LogP contribution >= 0.6 is 0 Å². The van der Waals surface area contributed by atoms with Gasteiger partial charge in [-0.2, -0.15) is 13.2 Å². The van der Waals surface area contributed by atoms with E-state index in [1.165, 1.54) is 37.3 Å². The molecule has 0 aliphatic rings. The second kappa shape index (κ2) is 7.00. The van der Waals surface area contributed by atoms with Crippen molar-refractivity contribution in [3.63, 3.8) is 0 Å². The number of benzene rings is 2. The van der Waals surface area contributed by atoms with E-state index in [-0.39, 0.29) is 17.7 Å². The summed E-state index contributed by atoms with van der Waals surface area (Å²) in [4.78, 5) is 11.9. The highest BCUT2D eigenvalue weighted by atomic mass is 19.4. The van der Waals surface area contributed by atoms with Crippen molar-refractivity contribution in [2.24, 2.45) is 0 Å². The molecule has 2 aromatic rings. The Balaban J connectivity index is 2.07. The number of alkyl halides is 3. The van der Waals surface area contributed by atoms with Gasteiger partial charge in [0.25, 0.3) is 5.91 Å². The second-order valence-electron chi connectivity index (χ2n) is 5.29. The van der Waals surface area contributed by atoms with E-state index in [9.17, 15) is 27.5 Å². The first-order chi connectivity index (χ1) is 11.2. The topological polar surface area (TPSA) is 49.3 Å². The molecule has 1 amide bonds. The standard InChI is InChI=1S/C17H15F4NO2/c1-10-4-2-7-13(15(10)18)16(24)22-9-14(23)11-5-3-6-12(8-11)17(19,20)21/h2-8,14,23H,9H2,1H3,(H,22,24). The highest BCUT2D eigenvalue weighted by molar-refractivity contribution is 5.94. The maximum Gasteiger partial charge on any atom is 0.416 e. The van der Waals surface area contributed by atoms with Gasteiger partial charge in [0, 0.05) is 6.54 Å². The Bertz CT molecular complexity index is 744. The Morgan fingerprint density at radius 1 is 1.21 bits per heavy atom. The molecule has 1 unspecified atom stereocenters. The predicted octanol–water partition coefficient (Wildman–Crippen LogP) is 3.62. The Morgan fingerprint density at radius 3 is 2.54 bits per heavy atom. The monoisotopic (exact) mass is 341 g/mol. The molecule has 128 valence electrons. The highest BCUT2D eigenvalue weighted by Gasteiger charge is 2.30. The number of aryl methyl sites for hydroxylation is 1. The van der Waals surface area contributed by atoms with Crippen LogP contribution in [0, 0.1) is 12.7 Å². The van der Waals surface area contributed by atoms with Crippen LogP contribution in [-0.4, -0.2) is 17.6 Å². The summed E-state index contributed by atoms with van der Waals surface area (Å²) in [7, 11) is 0. The van der Waals surface area contributed by atoms with Crippen LogP contribution in [0.3, 0.4) is 0 Å². The van der Waals surface area contributed by atoms with Gasteiger partial charge in [-0.1, -0.05) is 24.3 Å². The third-order valence-corrected chi connectivity index (χ3v) is 3.49. The van der Waals surface area contributed by atoms with E-state index in [4.69, 9.17) is 0 Å². The van der Waals surface area contributed by atoms with Crippen molar-refractivity contribution in [2.75, 3.05) is 6.54 Å². The van der Waals surface area contributed by atoms with Crippen LogP contribution in [0.15, 0.2) is 42.5 Å². The Hall–Kier alpha value is -2.41. The van der Waals surface area contributed by atoms with E-state index in [1.54, 1.807) is 0 Å². The van der Waals surface area contributed by atoms with Crippen LogP contribution in [-0.2, 0) is 6.18 Å². The SMILES string of the molecule is Cc1cccc(C(=O)NCC(O)c2cccc(C(F)(F)F)c2)c1F. The summed E-state index contributed by atoms with van der Waals surface area (Å²) in [6.45, 7) is 1.16. The zero-order valence-corrected chi connectivity index (χ0v) is 12.7. The summed E-state index contributed by atoms with van der Waals surface area (Å²) in [5.74, 6) is -1.43. The van der Waals surface area contributed by atoms with Crippen molar-refractivity contribution in [1.82, 2.24) is 5.32 Å². The molecule has 0 fully saturated rings. The molecule has 0 saturated carbocycles. The normalized spacial score (nSPS) is 12.8.